The Morgan fingerprint density at radius 2 is 1.93 bits per heavy atom. The maximum atomic E-state index is 13.5. The van der Waals surface area contributed by atoms with Crippen LogP contribution in [0.2, 0.25) is 4.34 Å². The molecule has 0 radical (unpaired) electrons. The first kappa shape index (κ1) is 21.7. The molecule has 0 spiro atoms. The predicted molar refractivity (Wildman–Crippen MR) is 108 cm³/mol. The third kappa shape index (κ3) is 5.33. The Bertz CT molecular complexity index is 1050. The molecule has 0 fully saturated rings. The molecule has 0 saturated heterocycles. The molecule has 0 aliphatic heterocycles. The van der Waals surface area contributed by atoms with E-state index in [4.69, 9.17) is 16.0 Å². The largest absolute Gasteiger partial charge is 0.459 e. The van der Waals surface area contributed by atoms with Gasteiger partial charge in [0.1, 0.15) is 0 Å². The van der Waals surface area contributed by atoms with E-state index in [0.29, 0.717) is 4.34 Å². The van der Waals surface area contributed by atoms with Crippen molar-refractivity contribution in [2.45, 2.75) is 12.7 Å². The number of thiophene rings is 1. The number of nitrogens with one attached hydrogen (secondary N) is 2. The number of nitrogens with zero attached hydrogens (tertiary/aromatic N) is 1. The highest BCUT2D eigenvalue weighted by atomic mass is 35.5. The van der Waals surface area contributed by atoms with Crippen molar-refractivity contribution in [3.63, 3.8) is 0 Å². The summed E-state index contributed by atoms with van der Waals surface area (Å²) in [4.78, 5) is 26.4. The molecule has 2 heterocycles. The summed E-state index contributed by atoms with van der Waals surface area (Å²) < 4.78 is 46.1. The highest BCUT2D eigenvalue weighted by Crippen LogP contribution is 2.37. The maximum Gasteiger partial charge on any atom is 0.418 e. The first-order valence-corrected chi connectivity index (χ1v) is 9.65. The summed E-state index contributed by atoms with van der Waals surface area (Å²) >= 11 is 7.12. The van der Waals surface area contributed by atoms with Crippen molar-refractivity contribution in [1.82, 2.24) is 4.90 Å². The van der Waals surface area contributed by atoms with Crippen LogP contribution in [0.5, 0.6) is 0 Å². The number of amides is 3. The average molecular weight is 458 g/mol. The quantitative estimate of drug-likeness (QED) is 0.498. The van der Waals surface area contributed by atoms with Crippen LogP contribution in [0.3, 0.4) is 0 Å². The van der Waals surface area contributed by atoms with E-state index < -0.39 is 29.4 Å². The molecular weight excluding hydrogens is 443 g/mol. The third-order valence-electron chi connectivity index (χ3n) is 3.94. The minimum atomic E-state index is -4.76. The lowest BCUT2D eigenvalue weighted by molar-refractivity contribution is -0.136. The van der Waals surface area contributed by atoms with Crippen LogP contribution in [0.15, 0.2) is 53.1 Å². The molecule has 1 aromatic carbocycles. The fraction of sp³-hybridized carbons (Fsp3) is 0.158. The molecule has 11 heteroatoms. The van der Waals surface area contributed by atoms with E-state index in [1.165, 1.54) is 47.7 Å². The minimum absolute atomic E-state index is 0.0451. The van der Waals surface area contributed by atoms with Crippen LogP contribution in [-0.2, 0) is 12.7 Å². The van der Waals surface area contributed by atoms with Gasteiger partial charge in [-0.15, -0.1) is 11.3 Å². The lowest BCUT2D eigenvalue weighted by Gasteiger charge is -2.20. The Kier molecular flexibility index (Phi) is 6.37. The fourth-order valence-electron chi connectivity index (χ4n) is 2.52. The lowest BCUT2D eigenvalue weighted by atomic mass is 10.1. The summed E-state index contributed by atoms with van der Waals surface area (Å²) in [5.41, 5.74) is -1.62. The van der Waals surface area contributed by atoms with Crippen LogP contribution >= 0.6 is 22.9 Å². The van der Waals surface area contributed by atoms with Gasteiger partial charge in [0.05, 0.1) is 28.4 Å². The number of carbonyl (C=O) groups is 2. The molecule has 6 nitrogen and oxygen atoms in total. The molecule has 0 aliphatic rings. The number of rotatable bonds is 5. The van der Waals surface area contributed by atoms with E-state index in [2.05, 4.69) is 10.6 Å². The number of carbonyl (C=O) groups excluding carboxylic acids is 2. The zero-order valence-electron chi connectivity index (χ0n) is 15.4. The summed E-state index contributed by atoms with van der Waals surface area (Å²) in [6.07, 6.45) is -3.48. The Hall–Kier alpha value is -2.98. The third-order valence-corrected chi connectivity index (χ3v) is 5.15. The number of anilines is 2. The van der Waals surface area contributed by atoms with Crippen molar-refractivity contribution in [1.29, 1.82) is 0 Å². The Morgan fingerprint density at radius 3 is 2.53 bits per heavy atom. The monoisotopic (exact) mass is 457 g/mol. The van der Waals surface area contributed by atoms with Gasteiger partial charge in [-0.25, -0.2) is 4.79 Å². The molecule has 0 aliphatic carbocycles. The number of hydrogen-bond acceptors (Lipinski definition) is 4. The topological polar surface area (TPSA) is 74.6 Å². The first-order valence-electron chi connectivity index (χ1n) is 8.46. The number of benzene rings is 1. The van der Waals surface area contributed by atoms with Crippen LogP contribution in [0.25, 0.3) is 0 Å². The smallest absolute Gasteiger partial charge is 0.418 e. The highest BCUT2D eigenvalue weighted by molar-refractivity contribution is 7.16. The van der Waals surface area contributed by atoms with Crippen LogP contribution in [0.4, 0.5) is 29.3 Å². The van der Waals surface area contributed by atoms with Gasteiger partial charge >= 0.3 is 12.2 Å². The summed E-state index contributed by atoms with van der Waals surface area (Å²) in [5, 5.41) is 4.59. The van der Waals surface area contributed by atoms with Gasteiger partial charge in [-0.2, -0.15) is 13.2 Å². The standard InChI is InChI=1S/C19H15ClF3N3O3S/c1-26(10-12-5-7-16(20)30-12)18(28)25-14-6-4-11(9-13(14)19(21,22)23)24-17(27)15-3-2-8-29-15/h2-9H,10H2,1H3,(H,24,27)(H,25,28). The van der Waals surface area contributed by atoms with Crippen LogP contribution in [0.1, 0.15) is 21.0 Å². The summed E-state index contributed by atoms with van der Waals surface area (Å²) in [6, 6.07) is 8.62. The van der Waals surface area contributed by atoms with Gasteiger partial charge < -0.3 is 20.0 Å². The second kappa shape index (κ2) is 8.80. The summed E-state index contributed by atoms with van der Waals surface area (Å²) in [7, 11) is 1.45. The van der Waals surface area contributed by atoms with Crippen molar-refractivity contribution in [3.05, 3.63) is 69.3 Å². The van der Waals surface area contributed by atoms with E-state index in [9.17, 15) is 22.8 Å². The zero-order valence-corrected chi connectivity index (χ0v) is 17.0. The van der Waals surface area contributed by atoms with Gasteiger partial charge in [-0.3, -0.25) is 4.79 Å². The van der Waals surface area contributed by atoms with Gasteiger partial charge in [0, 0.05) is 17.6 Å². The van der Waals surface area contributed by atoms with Crippen molar-refractivity contribution in [2.75, 3.05) is 17.7 Å². The van der Waals surface area contributed by atoms with Gasteiger partial charge in [-0.05, 0) is 42.5 Å². The van der Waals surface area contributed by atoms with Crippen molar-refractivity contribution in [2.24, 2.45) is 0 Å². The van der Waals surface area contributed by atoms with Crippen molar-refractivity contribution >= 4 is 46.3 Å². The molecule has 2 N–H and O–H groups in total. The lowest BCUT2D eigenvalue weighted by Crippen LogP contribution is -2.31. The first-order chi connectivity index (χ1) is 14.1. The van der Waals surface area contributed by atoms with Gasteiger partial charge in [0.2, 0.25) is 0 Å². The van der Waals surface area contributed by atoms with Crippen LogP contribution < -0.4 is 10.6 Å². The van der Waals surface area contributed by atoms with Crippen molar-refractivity contribution in [3.8, 4) is 0 Å². The molecule has 3 amide bonds. The molecule has 3 rings (SSSR count). The molecule has 2 aromatic heterocycles. The SMILES string of the molecule is CN(Cc1ccc(Cl)s1)C(=O)Nc1ccc(NC(=O)c2ccco2)cc1C(F)(F)F. The van der Waals surface area contributed by atoms with E-state index in [-0.39, 0.29) is 18.0 Å². The zero-order chi connectivity index (χ0) is 21.9. The highest BCUT2D eigenvalue weighted by Gasteiger charge is 2.34. The maximum absolute atomic E-state index is 13.5. The van der Waals surface area contributed by atoms with E-state index >= 15 is 0 Å². The second-order valence-electron chi connectivity index (χ2n) is 6.18. The predicted octanol–water partition coefficient (Wildman–Crippen LogP) is 5.93. The molecule has 0 saturated carbocycles. The van der Waals surface area contributed by atoms with Crippen molar-refractivity contribution < 1.29 is 27.2 Å². The summed E-state index contributed by atoms with van der Waals surface area (Å²) in [6.45, 7) is 0.182. The normalized spacial score (nSPS) is 11.2. The van der Waals surface area contributed by atoms with Crippen LogP contribution in [-0.4, -0.2) is 23.9 Å². The Balaban J connectivity index is 1.76. The fourth-order valence-corrected chi connectivity index (χ4v) is 3.66. The number of hydrogen-bond donors (Lipinski definition) is 2. The Morgan fingerprint density at radius 1 is 1.17 bits per heavy atom. The molecule has 0 unspecified atom stereocenters. The van der Waals surface area contributed by atoms with Crippen LogP contribution in [0, 0.1) is 0 Å². The van der Waals surface area contributed by atoms with Gasteiger partial charge in [-0.1, -0.05) is 11.6 Å². The molecule has 30 heavy (non-hydrogen) atoms. The number of urea groups is 1. The second-order valence-corrected chi connectivity index (χ2v) is 7.98. The number of halogens is 4. The van der Waals surface area contributed by atoms with E-state index in [0.717, 1.165) is 17.0 Å². The molecule has 0 atom stereocenters. The van der Waals surface area contributed by atoms with Gasteiger partial charge in [0.15, 0.2) is 5.76 Å². The molecule has 3 aromatic rings. The van der Waals surface area contributed by atoms with E-state index in [1.807, 2.05) is 0 Å². The molecular formula is C19H15ClF3N3O3S. The Labute approximate surface area is 178 Å². The average Bonchev–Trinajstić information content (AvgIpc) is 3.34. The van der Waals surface area contributed by atoms with E-state index in [1.54, 1.807) is 12.1 Å². The van der Waals surface area contributed by atoms with Gasteiger partial charge in [0.25, 0.3) is 5.91 Å². The minimum Gasteiger partial charge on any atom is -0.459 e. The number of furan rings is 1. The summed E-state index contributed by atoms with van der Waals surface area (Å²) in [5.74, 6) is -0.740. The number of alkyl halides is 3. The molecule has 158 valence electrons. The molecule has 0 bridgehead atoms.